The van der Waals surface area contributed by atoms with Gasteiger partial charge in [-0.15, -0.1) is 0 Å². The van der Waals surface area contributed by atoms with E-state index in [1.807, 2.05) is 39.0 Å². The lowest BCUT2D eigenvalue weighted by Gasteiger charge is -2.26. The van der Waals surface area contributed by atoms with Crippen molar-refractivity contribution in [2.24, 2.45) is 0 Å². The van der Waals surface area contributed by atoms with Crippen LogP contribution in [0, 0.1) is 6.92 Å². The quantitative estimate of drug-likeness (QED) is 0.867. The zero-order chi connectivity index (χ0) is 17.5. The van der Waals surface area contributed by atoms with Gasteiger partial charge in [-0.2, -0.15) is 0 Å². The Labute approximate surface area is 144 Å². The van der Waals surface area contributed by atoms with Gasteiger partial charge >= 0.3 is 0 Å². The molecule has 2 rings (SSSR count). The monoisotopic (exact) mass is 331 g/mol. The zero-order valence-corrected chi connectivity index (χ0v) is 15.0. The number of carbonyl (C=O) groups is 2. The number of hydrogen-bond acceptors (Lipinski definition) is 3. The molecular weight excluding hydrogens is 302 g/mol. The van der Waals surface area contributed by atoms with Crippen LogP contribution in [0.2, 0.25) is 0 Å². The smallest absolute Gasteiger partial charge is 0.241 e. The number of anilines is 2. The Morgan fingerprint density at radius 1 is 1.12 bits per heavy atom. The van der Waals surface area contributed by atoms with Crippen LogP contribution < -0.4 is 10.6 Å². The highest BCUT2D eigenvalue weighted by Crippen LogP contribution is 2.21. The fourth-order valence-electron chi connectivity index (χ4n) is 2.97. The first-order valence-electron chi connectivity index (χ1n) is 8.96. The Balaban J connectivity index is 2.04. The molecule has 5 nitrogen and oxygen atoms in total. The van der Waals surface area contributed by atoms with E-state index in [0.29, 0.717) is 12.1 Å². The predicted molar refractivity (Wildman–Crippen MR) is 98.2 cm³/mol. The molecule has 1 aliphatic heterocycles. The molecular formula is C19H29N3O2. The molecule has 5 heteroatoms. The molecule has 2 amide bonds. The molecule has 1 aliphatic rings. The van der Waals surface area contributed by atoms with E-state index in [2.05, 4.69) is 15.5 Å². The molecule has 0 bridgehead atoms. The largest absolute Gasteiger partial charge is 0.326 e. The number of amides is 2. The summed E-state index contributed by atoms with van der Waals surface area (Å²) in [6.45, 7) is 7.71. The average molecular weight is 331 g/mol. The van der Waals surface area contributed by atoms with Gasteiger partial charge in [0.25, 0.3) is 0 Å². The van der Waals surface area contributed by atoms with Crippen molar-refractivity contribution >= 4 is 23.2 Å². The molecule has 1 aromatic carbocycles. The van der Waals surface area contributed by atoms with Crippen molar-refractivity contribution in [2.45, 2.75) is 58.9 Å². The van der Waals surface area contributed by atoms with Gasteiger partial charge in [0.15, 0.2) is 0 Å². The van der Waals surface area contributed by atoms with Gasteiger partial charge in [0.2, 0.25) is 11.8 Å². The first-order chi connectivity index (χ1) is 11.5. The van der Waals surface area contributed by atoms with Crippen LogP contribution >= 0.6 is 0 Å². The van der Waals surface area contributed by atoms with Gasteiger partial charge in [-0.25, -0.2) is 0 Å². The first-order valence-corrected chi connectivity index (χ1v) is 8.96. The number of nitrogens with zero attached hydrogens (tertiary/aromatic N) is 1. The first kappa shape index (κ1) is 18.5. The molecule has 24 heavy (non-hydrogen) atoms. The normalized spacial score (nSPS) is 17.0. The standard InChI is InChI=1S/C19H29N3O2/c1-4-18(23)20-16-10-9-14(2)17(13-16)21-19(24)15(3)22-11-7-5-6-8-12-22/h9-10,13,15H,4-8,11-12H2,1-3H3,(H,20,23)(H,21,24). The molecule has 1 heterocycles. The number of carbonyl (C=O) groups excluding carboxylic acids is 2. The van der Waals surface area contributed by atoms with E-state index in [-0.39, 0.29) is 17.9 Å². The summed E-state index contributed by atoms with van der Waals surface area (Å²) in [4.78, 5) is 26.4. The van der Waals surface area contributed by atoms with Gasteiger partial charge < -0.3 is 10.6 Å². The lowest BCUT2D eigenvalue weighted by atomic mass is 10.1. The van der Waals surface area contributed by atoms with Gasteiger partial charge in [-0.05, 0) is 57.5 Å². The van der Waals surface area contributed by atoms with E-state index in [1.54, 1.807) is 0 Å². The van der Waals surface area contributed by atoms with Crippen molar-refractivity contribution in [3.8, 4) is 0 Å². The average Bonchev–Trinajstić information content (AvgIpc) is 2.86. The fraction of sp³-hybridized carbons (Fsp3) is 0.579. The third-order valence-corrected chi connectivity index (χ3v) is 4.67. The zero-order valence-electron chi connectivity index (χ0n) is 15.0. The Kier molecular flexibility index (Phi) is 6.79. The minimum absolute atomic E-state index is 0.0129. The Hall–Kier alpha value is -1.88. The number of rotatable bonds is 5. The van der Waals surface area contributed by atoms with Crippen LogP contribution in [0.1, 0.15) is 51.5 Å². The lowest BCUT2D eigenvalue weighted by Crippen LogP contribution is -2.42. The van der Waals surface area contributed by atoms with E-state index in [9.17, 15) is 9.59 Å². The van der Waals surface area contributed by atoms with Gasteiger partial charge in [-0.3, -0.25) is 14.5 Å². The second-order valence-electron chi connectivity index (χ2n) is 6.55. The molecule has 0 aliphatic carbocycles. The summed E-state index contributed by atoms with van der Waals surface area (Å²) in [5.74, 6) is -0.0203. The summed E-state index contributed by atoms with van der Waals surface area (Å²) < 4.78 is 0. The molecule has 1 fully saturated rings. The second kappa shape index (κ2) is 8.83. The highest BCUT2D eigenvalue weighted by atomic mass is 16.2. The molecule has 1 atom stereocenters. The predicted octanol–water partition coefficient (Wildman–Crippen LogP) is 3.55. The van der Waals surface area contributed by atoms with Crippen LogP contribution in [0.25, 0.3) is 0 Å². The number of nitrogens with one attached hydrogen (secondary N) is 2. The van der Waals surface area contributed by atoms with Crippen LogP contribution in [-0.2, 0) is 9.59 Å². The summed E-state index contributed by atoms with van der Waals surface area (Å²) in [6.07, 6.45) is 5.26. The molecule has 2 N–H and O–H groups in total. The number of hydrogen-bond donors (Lipinski definition) is 2. The maximum Gasteiger partial charge on any atom is 0.241 e. The van der Waals surface area contributed by atoms with Crippen LogP contribution in [-0.4, -0.2) is 35.8 Å². The van der Waals surface area contributed by atoms with Gasteiger partial charge in [0.1, 0.15) is 0 Å². The molecule has 0 saturated carbocycles. The van der Waals surface area contributed by atoms with E-state index in [4.69, 9.17) is 0 Å². The molecule has 1 saturated heterocycles. The van der Waals surface area contributed by atoms with E-state index in [1.165, 1.54) is 12.8 Å². The lowest BCUT2D eigenvalue weighted by molar-refractivity contribution is -0.120. The van der Waals surface area contributed by atoms with Crippen LogP contribution in [0.5, 0.6) is 0 Å². The van der Waals surface area contributed by atoms with Crippen LogP contribution in [0.15, 0.2) is 18.2 Å². The molecule has 0 spiro atoms. The third-order valence-electron chi connectivity index (χ3n) is 4.67. The fourth-order valence-corrected chi connectivity index (χ4v) is 2.97. The maximum absolute atomic E-state index is 12.6. The Morgan fingerprint density at radius 3 is 2.42 bits per heavy atom. The van der Waals surface area contributed by atoms with E-state index in [0.717, 1.165) is 37.2 Å². The van der Waals surface area contributed by atoms with Crippen LogP contribution in [0.4, 0.5) is 11.4 Å². The number of benzene rings is 1. The molecule has 132 valence electrons. The third kappa shape index (κ3) is 5.06. The topological polar surface area (TPSA) is 61.4 Å². The van der Waals surface area contributed by atoms with Gasteiger partial charge in [0.05, 0.1) is 6.04 Å². The van der Waals surface area contributed by atoms with Crippen molar-refractivity contribution in [1.82, 2.24) is 4.90 Å². The minimum atomic E-state index is -0.142. The Morgan fingerprint density at radius 2 is 1.79 bits per heavy atom. The summed E-state index contributed by atoms with van der Waals surface area (Å²) in [5.41, 5.74) is 2.46. The molecule has 1 aromatic rings. The molecule has 1 unspecified atom stereocenters. The molecule has 0 radical (unpaired) electrons. The highest BCUT2D eigenvalue weighted by molar-refractivity contribution is 5.97. The minimum Gasteiger partial charge on any atom is -0.326 e. The number of aryl methyl sites for hydroxylation is 1. The van der Waals surface area contributed by atoms with Crippen molar-refractivity contribution in [3.63, 3.8) is 0 Å². The maximum atomic E-state index is 12.6. The second-order valence-corrected chi connectivity index (χ2v) is 6.55. The van der Waals surface area contributed by atoms with Crippen molar-refractivity contribution in [1.29, 1.82) is 0 Å². The van der Waals surface area contributed by atoms with Crippen molar-refractivity contribution in [3.05, 3.63) is 23.8 Å². The van der Waals surface area contributed by atoms with Gasteiger partial charge in [0, 0.05) is 17.8 Å². The van der Waals surface area contributed by atoms with Gasteiger partial charge in [-0.1, -0.05) is 25.8 Å². The van der Waals surface area contributed by atoms with Crippen LogP contribution in [0.3, 0.4) is 0 Å². The summed E-state index contributed by atoms with van der Waals surface area (Å²) in [6, 6.07) is 5.46. The van der Waals surface area contributed by atoms with E-state index >= 15 is 0 Å². The summed E-state index contributed by atoms with van der Waals surface area (Å²) in [5, 5.41) is 5.86. The molecule has 0 aromatic heterocycles. The SMILES string of the molecule is CCC(=O)Nc1ccc(C)c(NC(=O)C(C)N2CCCCCC2)c1. The summed E-state index contributed by atoms with van der Waals surface area (Å²) >= 11 is 0. The van der Waals surface area contributed by atoms with Crippen molar-refractivity contribution in [2.75, 3.05) is 23.7 Å². The summed E-state index contributed by atoms with van der Waals surface area (Å²) in [7, 11) is 0. The number of likely N-dealkylation sites (tertiary alicyclic amines) is 1. The van der Waals surface area contributed by atoms with E-state index < -0.39 is 0 Å². The van der Waals surface area contributed by atoms with Crippen molar-refractivity contribution < 1.29 is 9.59 Å². The Bertz CT molecular complexity index is 578. The highest BCUT2D eigenvalue weighted by Gasteiger charge is 2.22.